The van der Waals surface area contributed by atoms with Crippen LogP contribution in [0.2, 0.25) is 0 Å². The normalized spacial score (nSPS) is 13.9. The average Bonchev–Trinajstić information content (AvgIpc) is 3.56. The third-order valence-corrected chi connectivity index (χ3v) is 10.5. The molecule has 8 aromatic rings. The number of aromatic nitrogens is 1. The van der Waals surface area contributed by atoms with E-state index in [-0.39, 0.29) is 11.5 Å². The molecule has 2 aromatic heterocycles. The van der Waals surface area contributed by atoms with E-state index >= 15 is 0 Å². The van der Waals surface area contributed by atoms with Gasteiger partial charge in [-0.3, -0.25) is 0 Å². The zero-order valence-corrected chi connectivity index (χ0v) is 24.8. The lowest BCUT2D eigenvalue weighted by Crippen LogP contribution is -2.05. The highest BCUT2D eigenvalue weighted by Crippen LogP contribution is 2.40. The van der Waals surface area contributed by atoms with Crippen molar-refractivity contribution >= 4 is 53.6 Å². The lowest BCUT2D eigenvalue weighted by atomic mass is 9.93. The van der Waals surface area contributed by atoms with E-state index < -0.39 is 9.84 Å². The van der Waals surface area contributed by atoms with E-state index in [2.05, 4.69) is 59.2 Å². The number of hydrogen-bond donors (Lipinski definition) is 0. The van der Waals surface area contributed by atoms with Gasteiger partial charge in [0.05, 0.1) is 34.2 Å². The highest BCUT2D eigenvalue weighted by atomic mass is 32.2. The number of nitrogens with zero attached hydrogens (tertiary/aromatic N) is 2. The Labute approximate surface area is 259 Å². The van der Waals surface area contributed by atoms with E-state index in [1.165, 1.54) is 0 Å². The molecule has 0 amide bonds. The first-order valence-electron chi connectivity index (χ1n) is 14.8. The van der Waals surface area contributed by atoms with E-state index in [0.717, 1.165) is 82.8 Å². The maximum Gasteiger partial charge on any atom is 0.158 e. The molecule has 5 nitrogen and oxygen atoms in total. The molecule has 0 fully saturated rings. The molecule has 0 unspecified atom stereocenters. The van der Waals surface area contributed by atoms with Crippen molar-refractivity contribution in [1.82, 2.24) is 4.57 Å². The Morgan fingerprint density at radius 1 is 0.600 bits per heavy atom. The minimum atomic E-state index is -3.40. The Bertz CT molecular complexity index is 2690. The van der Waals surface area contributed by atoms with E-state index in [1.54, 1.807) is 0 Å². The summed E-state index contributed by atoms with van der Waals surface area (Å²) in [5.41, 5.74) is 10.6. The molecule has 0 N–H and O–H groups in total. The SMILES string of the molecule is N#Cc1ccc2c(c1)c1ccccc1n2-c1ccc2c(c1)-c1ccc(-c3ccc4c(c3)oc3ccccc34)cc1CS(=O)(=O)C2. The second-order valence-corrected chi connectivity index (χ2v) is 13.8. The Morgan fingerprint density at radius 3 is 2.22 bits per heavy atom. The molecule has 1 aliphatic rings. The predicted octanol–water partition coefficient (Wildman–Crippen LogP) is 9.32. The Morgan fingerprint density at radius 2 is 1.33 bits per heavy atom. The largest absolute Gasteiger partial charge is 0.456 e. The molecule has 6 heteroatoms. The van der Waals surface area contributed by atoms with E-state index in [0.29, 0.717) is 5.56 Å². The number of furan rings is 1. The molecule has 0 aliphatic carbocycles. The van der Waals surface area contributed by atoms with Crippen LogP contribution in [0.4, 0.5) is 0 Å². The third-order valence-electron chi connectivity index (χ3n) is 9.01. The average molecular weight is 601 g/mol. The minimum Gasteiger partial charge on any atom is -0.456 e. The summed E-state index contributed by atoms with van der Waals surface area (Å²) < 4.78 is 35.1. The maximum absolute atomic E-state index is 13.4. The molecule has 0 radical (unpaired) electrons. The summed E-state index contributed by atoms with van der Waals surface area (Å²) in [6, 6.07) is 42.6. The molecule has 0 saturated carbocycles. The van der Waals surface area contributed by atoms with Crippen molar-refractivity contribution in [1.29, 1.82) is 5.26 Å². The lowest BCUT2D eigenvalue weighted by molar-refractivity contribution is 0.595. The molecular weight excluding hydrogens is 577 g/mol. The predicted molar refractivity (Wildman–Crippen MR) is 180 cm³/mol. The third kappa shape index (κ3) is 4.02. The fourth-order valence-corrected chi connectivity index (χ4v) is 8.53. The second-order valence-electron chi connectivity index (χ2n) is 11.8. The summed E-state index contributed by atoms with van der Waals surface area (Å²) in [7, 11) is -3.40. The molecule has 9 rings (SSSR count). The van der Waals surface area contributed by atoms with Crippen LogP contribution in [-0.4, -0.2) is 13.0 Å². The first-order valence-corrected chi connectivity index (χ1v) is 16.6. The van der Waals surface area contributed by atoms with Gasteiger partial charge in [0.25, 0.3) is 0 Å². The molecule has 0 bridgehead atoms. The van der Waals surface area contributed by atoms with Crippen LogP contribution in [0.5, 0.6) is 0 Å². The van der Waals surface area contributed by atoms with Crippen LogP contribution in [0.25, 0.3) is 71.7 Å². The van der Waals surface area contributed by atoms with E-state index in [9.17, 15) is 13.7 Å². The molecule has 6 aromatic carbocycles. The fourth-order valence-electron chi connectivity index (χ4n) is 6.99. The molecule has 0 saturated heterocycles. The van der Waals surface area contributed by atoms with E-state index in [4.69, 9.17) is 4.42 Å². The highest BCUT2D eigenvalue weighted by Gasteiger charge is 2.25. The van der Waals surface area contributed by atoms with Crippen LogP contribution < -0.4 is 0 Å². The Kier molecular flexibility index (Phi) is 5.41. The first-order chi connectivity index (χ1) is 22.0. The van der Waals surface area contributed by atoms with Crippen LogP contribution in [0, 0.1) is 11.3 Å². The van der Waals surface area contributed by atoms with Gasteiger partial charge in [-0.25, -0.2) is 8.42 Å². The van der Waals surface area contributed by atoms with Gasteiger partial charge in [-0.05, 0) is 94.0 Å². The number of fused-ring (bicyclic) bond motifs is 9. The maximum atomic E-state index is 13.4. The van der Waals surface area contributed by atoms with Crippen molar-refractivity contribution in [3.63, 3.8) is 0 Å². The molecule has 45 heavy (non-hydrogen) atoms. The molecule has 214 valence electrons. The summed E-state index contributed by atoms with van der Waals surface area (Å²) in [6.07, 6.45) is 0. The van der Waals surface area contributed by atoms with Gasteiger partial charge in [0.2, 0.25) is 0 Å². The van der Waals surface area contributed by atoms with Gasteiger partial charge in [-0.1, -0.05) is 60.7 Å². The summed E-state index contributed by atoms with van der Waals surface area (Å²) in [5.74, 6) is -0.0460. The zero-order valence-electron chi connectivity index (χ0n) is 24.0. The number of nitriles is 1. The number of hydrogen-bond acceptors (Lipinski definition) is 4. The van der Waals surface area contributed by atoms with Crippen LogP contribution >= 0.6 is 0 Å². The fraction of sp³-hybridized carbons (Fsp3) is 0.0513. The van der Waals surface area contributed by atoms with Crippen molar-refractivity contribution in [3.8, 4) is 34.0 Å². The molecule has 0 atom stereocenters. The van der Waals surface area contributed by atoms with Crippen LogP contribution in [-0.2, 0) is 21.3 Å². The highest BCUT2D eigenvalue weighted by molar-refractivity contribution is 7.89. The number of benzene rings is 6. The number of rotatable bonds is 2. The second kappa shape index (κ2) is 9.43. The van der Waals surface area contributed by atoms with Crippen molar-refractivity contribution < 1.29 is 12.8 Å². The van der Waals surface area contributed by atoms with Gasteiger partial charge >= 0.3 is 0 Å². The lowest BCUT2D eigenvalue weighted by Gasteiger charge is -2.14. The van der Waals surface area contributed by atoms with Crippen LogP contribution in [0.15, 0.2) is 126 Å². The quantitative estimate of drug-likeness (QED) is 0.198. The minimum absolute atomic E-state index is 0.0176. The summed E-state index contributed by atoms with van der Waals surface area (Å²) in [6.45, 7) is 0. The van der Waals surface area contributed by atoms with Crippen molar-refractivity contribution in [2.45, 2.75) is 11.5 Å². The smallest absolute Gasteiger partial charge is 0.158 e. The standard InChI is InChI=1S/C39H24N2O3S/c40-21-24-9-16-37-35(17-24)31-5-1-3-7-36(31)41(37)29-13-10-27-22-45(42,43)23-28-18-25(11-14-30(28)34(27)20-29)26-12-15-33-32-6-2-4-8-38(32)44-39(33)19-26/h1-20H,22-23H2. The zero-order chi connectivity index (χ0) is 30.3. The Balaban J connectivity index is 1.22. The summed E-state index contributed by atoms with van der Waals surface area (Å²) in [4.78, 5) is 0. The van der Waals surface area contributed by atoms with Crippen LogP contribution in [0.1, 0.15) is 16.7 Å². The van der Waals surface area contributed by atoms with Crippen molar-refractivity contribution in [2.24, 2.45) is 0 Å². The summed E-state index contributed by atoms with van der Waals surface area (Å²) in [5, 5.41) is 13.8. The van der Waals surface area contributed by atoms with Gasteiger partial charge < -0.3 is 8.98 Å². The molecule has 3 heterocycles. The van der Waals surface area contributed by atoms with Crippen LogP contribution in [0.3, 0.4) is 0 Å². The molecule has 0 spiro atoms. The molecule has 1 aliphatic heterocycles. The van der Waals surface area contributed by atoms with E-state index in [1.807, 2.05) is 72.8 Å². The van der Waals surface area contributed by atoms with Gasteiger partial charge in [-0.15, -0.1) is 0 Å². The Hall–Kier alpha value is -5.64. The summed E-state index contributed by atoms with van der Waals surface area (Å²) >= 11 is 0. The topological polar surface area (TPSA) is 76.0 Å². The van der Waals surface area contributed by atoms with Gasteiger partial charge in [0.1, 0.15) is 11.2 Å². The van der Waals surface area contributed by atoms with Crippen molar-refractivity contribution in [3.05, 3.63) is 138 Å². The van der Waals surface area contributed by atoms with Gasteiger partial charge in [0, 0.05) is 27.2 Å². The van der Waals surface area contributed by atoms with Gasteiger partial charge in [0.15, 0.2) is 9.84 Å². The number of sulfone groups is 1. The first kappa shape index (κ1) is 25.8. The van der Waals surface area contributed by atoms with Gasteiger partial charge in [-0.2, -0.15) is 5.26 Å². The molecular formula is C39H24N2O3S. The monoisotopic (exact) mass is 600 g/mol. The van der Waals surface area contributed by atoms with Crippen molar-refractivity contribution in [2.75, 3.05) is 0 Å². The number of para-hydroxylation sites is 2.